The molecule has 2 aliphatic heterocycles. The molecule has 2 aliphatic rings. The smallest absolute Gasteiger partial charge is 0.241 e. The van der Waals surface area contributed by atoms with Crippen molar-refractivity contribution in [3.63, 3.8) is 0 Å². The van der Waals surface area contributed by atoms with Crippen molar-refractivity contribution in [2.24, 2.45) is 0 Å². The number of benzene rings is 1. The van der Waals surface area contributed by atoms with Crippen molar-refractivity contribution in [1.82, 2.24) is 19.9 Å². The van der Waals surface area contributed by atoms with Gasteiger partial charge in [0, 0.05) is 18.2 Å². The highest BCUT2D eigenvalue weighted by atomic mass is 16.5. The second kappa shape index (κ2) is 6.81. The lowest BCUT2D eigenvalue weighted by atomic mass is 10.0. The van der Waals surface area contributed by atoms with E-state index in [9.17, 15) is 0 Å². The molecule has 0 amide bonds. The van der Waals surface area contributed by atoms with Crippen LogP contribution in [0.15, 0.2) is 34.9 Å². The molecule has 0 aliphatic carbocycles. The minimum Gasteiger partial charge on any atom is -0.338 e. The minimum absolute atomic E-state index is 0.689. The molecule has 2 fully saturated rings. The molecule has 122 valence electrons. The van der Waals surface area contributed by atoms with Crippen LogP contribution >= 0.6 is 0 Å². The molecule has 1 aromatic heterocycles. The third-order valence-electron chi connectivity index (χ3n) is 5.00. The second-order valence-electron chi connectivity index (χ2n) is 6.65. The number of hydrogen-bond acceptors (Lipinski definition) is 5. The zero-order valence-corrected chi connectivity index (χ0v) is 13.5. The van der Waals surface area contributed by atoms with Crippen LogP contribution < -0.4 is 0 Å². The van der Waals surface area contributed by atoms with Crippen LogP contribution in [0.5, 0.6) is 0 Å². The van der Waals surface area contributed by atoms with Crippen LogP contribution in [0.1, 0.15) is 31.6 Å². The lowest BCUT2D eigenvalue weighted by Crippen LogP contribution is -2.46. The van der Waals surface area contributed by atoms with E-state index in [2.05, 4.69) is 19.9 Å². The van der Waals surface area contributed by atoms with Crippen molar-refractivity contribution in [1.29, 1.82) is 0 Å². The standard InChI is InChI=1S/C18H24N4O/c1-2-7-15(8-3-1)18-19-17(23-20-18)14-21-10-6-9-16(13-21)22-11-4-5-12-22/h1-3,7-8,16H,4-6,9-14H2. The van der Waals surface area contributed by atoms with Crippen molar-refractivity contribution in [2.45, 2.75) is 38.3 Å². The van der Waals surface area contributed by atoms with Crippen molar-refractivity contribution < 1.29 is 4.52 Å². The summed E-state index contributed by atoms with van der Waals surface area (Å²) in [4.78, 5) is 9.69. The largest absolute Gasteiger partial charge is 0.338 e. The first-order valence-corrected chi connectivity index (χ1v) is 8.73. The molecule has 5 heteroatoms. The number of aromatic nitrogens is 2. The number of piperidine rings is 1. The Morgan fingerprint density at radius 1 is 1.04 bits per heavy atom. The quantitative estimate of drug-likeness (QED) is 0.868. The maximum absolute atomic E-state index is 5.47. The molecule has 4 rings (SSSR count). The zero-order valence-electron chi connectivity index (χ0n) is 13.5. The second-order valence-corrected chi connectivity index (χ2v) is 6.65. The lowest BCUT2D eigenvalue weighted by molar-refractivity contribution is 0.102. The first-order chi connectivity index (χ1) is 11.4. The Balaban J connectivity index is 1.39. The van der Waals surface area contributed by atoms with Gasteiger partial charge in [-0.2, -0.15) is 4.98 Å². The van der Waals surface area contributed by atoms with Gasteiger partial charge in [-0.05, 0) is 45.3 Å². The Hall–Kier alpha value is -1.72. The van der Waals surface area contributed by atoms with Gasteiger partial charge in [0.15, 0.2) is 0 Å². The Labute approximate surface area is 137 Å². The zero-order chi connectivity index (χ0) is 15.5. The van der Waals surface area contributed by atoms with E-state index in [0.717, 1.165) is 31.1 Å². The molecule has 5 nitrogen and oxygen atoms in total. The van der Waals surface area contributed by atoms with E-state index in [4.69, 9.17) is 4.52 Å². The number of likely N-dealkylation sites (tertiary alicyclic amines) is 2. The highest BCUT2D eigenvalue weighted by molar-refractivity contribution is 5.53. The van der Waals surface area contributed by atoms with Gasteiger partial charge in [0.25, 0.3) is 0 Å². The molecule has 23 heavy (non-hydrogen) atoms. The maximum Gasteiger partial charge on any atom is 0.241 e. The summed E-state index contributed by atoms with van der Waals surface area (Å²) in [6, 6.07) is 10.7. The first kappa shape index (κ1) is 14.8. The van der Waals surface area contributed by atoms with Gasteiger partial charge in [-0.3, -0.25) is 9.80 Å². The van der Waals surface area contributed by atoms with E-state index in [1.165, 1.54) is 38.8 Å². The van der Waals surface area contributed by atoms with Crippen LogP contribution in [0.4, 0.5) is 0 Å². The predicted octanol–water partition coefficient (Wildman–Crippen LogP) is 2.80. The van der Waals surface area contributed by atoms with Crippen molar-refractivity contribution >= 4 is 0 Å². The Bertz CT molecular complexity index is 621. The predicted molar refractivity (Wildman–Crippen MR) is 88.8 cm³/mol. The number of hydrogen-bond donors (Lipinski definition) is 0. The Morgan fingerprint density at radius 2 is 1.87 bits per heavy atom. The Kier molecular flexibility index (Phi) is 4.39. The fourth-order valence-corrected chi connectivity index (χ4v) is 3.79. The van der Waals surface area contributed by atoms with Gasteiger partial charge in [0.05, 0.1) is 6.54 Å². The van der Waals surface area contributed by atoms with E-state index in [0.29, 0.717) is 11.9 Å². The third-order valence-corrected chi connectivity index (χ3v) is 5.00. The van der Waals surface area contributed by atoms with Gasteiger partial charge in [-0.1, -0.05) is 35.5 Å². The number of rotatable bonds is 4. The topological polar surface area (TPSA) is 45.4 Å². The molecular weight excluding hydrogens is 288 g/mol. The van der Waals surface area contributed by atoms with Crippen LogP contribution in [0.25, 0.3) is 11.4 Å². The molecule has 0 radical (unpaired) electrons. The molecule has 0 N–H and O–H groups in total. The van der Waals surface area contributed by atoms with Crippen LogP contribution in [0.3, 0.4) is 0 Å². The minimum atomic E-state index is 0.689. The summed E-state index contributed by atoms with van der Waals surface area (Å²) in [5.74, 6) is 1.42. The maximum atomic E-state index is 5.47. The molecule has 3 heterocycles. The van der Waals surface area contributed by atoms with Crippen LogP contribution in [-0.2, 0) is 6.54 Å². The van der Waals surface area contributed by atoms with E-state index in [-0.39, 0.29) is 0 Å². The highest BCUT2D eigenvalue weighted by Crippen LogP contribution is 2.22. The summed E-state index contributed by atoms with van der Waals surface area (Å²) >= 11 is 0. The molecule has 1 atom stereocenters. The van der Waals surface area contributed by atoms with Gasteiger partial charge < -0.3 is 4.52 Å². The summed E-state index contributed by atoms with van der Waals surface area (Å²) in [7, 11) is 0. The monoisotopic (exact) mass is 312 g/mol. The van der Waals surface area contributed by atoms with Gasteiger partial charge in [0.1, 0.15) is 0 Å². The fraction of sp³-hybridized carbons (Fsp3) is 0.556. The molecular formula is C18H24N4O. The summed E-state index contributed by atoms with van der Waals surface area (Å²) in [6.45, 7) is 5.58. The molecule has 2 aromatic rings. The molecule has 2 saturated heterocycles. The molecule has 1 unspecified atom stereocenters. The van der Waals surface area contributed by atoms with Gasteiger partial charge >= 0.3 is 0 Å². The van der Waals surface area contributed by atoms with Gasteiger partial charge in [0.2, 0.25) is 11.7 Å². The van der Waals surface area contributed by atoms with Crippen molar-refractivity contribution in [2.75, 3.05) is 26.2 Å². The van der Waals surface area contributed by atoms with Crippen LogP contribution in [0.2, 0.25) is 0 Å². The van der Waals surface area contributed by atoms with Gasteiger partial charge in [-0.15, -0.1) is 0 Å². The average Bonchev–Trinajstić information content (AvgIpc) is 3.28. The average molecular weight is 312 g/mol. The van der Waals surface area contributed by atoms with Crippen LogP contribution in [0, 0.1) is 0 Å². The normalized spacial score (nSPS) is 23.4. The van der Waals surface area contributed by atoms with E-state index in [1.807, 2.05) is 30.3 Å². The summed E-state index contributed by atoms with van der Waals surface area (Å²) in [6.07, 6.45) is 5.32. The molecule has 0 saturated carbocycles. The lowest BCUT2D eigenvalue weighted by Gasteiger charge is -2.36. The highest BCUT2D eigenvalue weighted by Gasteiger charge is 2.27. The molecule has 0 bridgehead atoms. The number of nitrogens with zero attached hydrogens (tertiary/aromatic N) is 4. The van der Waals surface area contributed by atoms with Crippen LogP contribution in [-0.4, -0.2) is 52.2 Å². The third kappa shape index (κ3) is 3.46. The SMILES string of the molecule is c1ccc(-c2noc(CN3CCCC(N4CCCC4)C3)n2)cc1. The summed E-state index contributed by atoms with van der Waals surface area (Å²) in [5, 5.41) is 4.13. The van der Waals surface area contributed by atoms with Gasteiger partial charge in [-0.25, -0.2) is 0 Å². The van der Waals surface area contributed by atoms with Crippen molar-refractivity contribution in [3.8, 4) is 11.4 Å². The van der Waals surface area contributed by atoms with E-state index >= 15 is 0 Å². The van der Waals surface area contributed by atoms with E-state index < -0.39 is 0 Å². The molecule has 1 aromatic carbocycles. The Morgan fingerprint density at radius 3 is 2.70 bits per heavy atom. The summed E-state index contributed by atoms with van der Waals surface area (Å²) < 4.78 is 5.47. The first-order valence-electron chi connectivity index (χ1n) is 8.73. The fourth-order valence-electron chi connectivity index (χ4n) is 3.79. The van der Waals surface area contributed by atoms with E-state index in [1.54, 1.807) is 0 Å². The van der Waals surface area contributed by atoms with Crippen molar-refractivity contribution in [3.05, 3.63) is 36.2 Å². The summed E-state index contributed by atoms with van der Waals surface area (Å²) in [5.41, 5.74) is 1.01. The molecule has 0 spiro atoms.